The first kappa shape index (κ1) is 15.0. The predicted octanol–water partition coefficient (Wildman–Crippen LogP) is 3.53. The Morgan fingerprint density at radius 3 is 2.33 bits per heavy atom. The van der Waals surface area contributed by atoms with E-state index in [-0.39, 0.29) is 5.91 Å². The van der Waals surface area contributed by atoms with Crippen molar-refractivity contribution in [3.63, 3.8) is 0 Å². The van der Waals surface area contributed by atoms with Gasteiger partial charge in [0.05, 0.1) is 11.9 Å². The number of aryl methyl sites for hydroxylation is 1. The molecular formula is C17H21N3O. The second-order valence-electron chi connectivity index (χ2n) is 4.86. The van der Waals surface area contributed by atoms with Crippen LogP contribution in [0.2, 0.25) is 0 Å². The number of amides is 1. The lowest BCUT2D eigenvalue weighted by molar-refractivity contribution is 0.0949. The van der Waals surface area contributed by atoms with Crippen molar-refractivity contribution < 1.29 is 4.79 Å². The van der Waals surface area contributed by atoms with E-state index in [2.05, 4.69) is 34.7 Å². The van der Waals surface area contributed by atoms with Gasteiger partial charge in [0.25, 0.3) is 5.91 Å². The number of hydrogen-bond donors (Lipinski definition) is 2. The van der Waals surface area contributed by atoms with Gasteiger partial charge in [0.2, 0.25) is 0 Å². The van der Waals surface area contributed by atoms with Crippen molar-refractivity contribution in [3.8, 4) is 0 Å². The third-order valence-electron chi connectivity index (χ3n) is 3.18. The van der Waals surface area contributed by atoms with Crippen molar-refractivity contribution in [3.05, 3.63) is 53.9 Å². The molecule has 0 radical (unpaired) electrons. The van der Waals surface area contributed by atoms with E-state index in [1.807, 2.05) is 25.1 Å². The van der Waals surface area contributed by atoms with E-state index in [4.69, 9.17) is 0 Å². The molecule has 4 heteroatoms. The summed E-state index contributed by atoms with van der Waals surface area (Å²) in [7, 11) is 0. The maximum absolute atomic E-state index is 11.7. The maximum atomic E-state index is 11.7. The molecule has 0 spiro atoms. The van der Waals surface area contributed by atoms with Gasteiger partial charge in [-0.3, -0.25) is 4.79 Å². The molecule has 0 atom stereocenters. The predicted molar refractivity (Wildman–Crippen MR) is 86.0 cm³/mol. The van der Waals surface area contributed by atoms with Gasteiger partial charge in [-0.2, -0.15) is 0 Å². The zero-order chi connectivity index (χ0) is 15.1. The van der Waals surface area contributed by atoms with Crippen LogP contribution in [0.25, 0.3) is 0 Å². The molecule has 0 bridgehead atoms. The Morgan fingerprint density at radius 2 is 1.76 bits per heavy atom. The fourth-order valence-corrected chi connectivity index (χ4v) is 1.92. The SMILES string of the molecule is CCCNC(=O)c1ccc(Nc2ccc(CC)cc2)cn1. The van der Waals surface area contributed by atoms with Gasteiger partial charge in [-0.1, -0.05) is 26.0 Å². The molecule has 21 heavy (non-hydrogen) atoms. The number of benzene rings is 1. The van der Waals surface area contributed by atoms with Crippen molar-refractivity contribution in [1.82, 2.24) is 10.3 Å². The second-order valence-corrected chi connectivity index (χ2v) is 4.86. The summed E-state index contributed by atoms with van der Waals surface area (Å²) in [4.78, 5) is 15.9. The lowest BCUT2D eigenvalue weighted by Gasteiger charge is -2.08. The van der Waals surface area contributed by atoms with Crippen molar-refractivity contribution in [2.75, 3.05) is 11.9 Å². The van der Waals surface area contributed by atoms with Crippen LogP contribution in [0.1, 0.15) is 36.3 Å². The minimum Gasteiger partial charge on any atom is -0.354 e. The van der Waals surface area contributed by atoms with Gasteiger partial charge in [0.15, 0.2) is 0 Å². The highest BCUT2D eigenvalue weighted by atomic mass is 16.1. The Hall–Kier alpha value is -2.36. The van der Waals surface area contributed by atoms with Crippen LogP contribution in [0.3, 0.4) is 0 Å². The van der Waals surface area contributed by atoms with Gasteiger partial charge in [-0.25, -0.2) is 4.98 Å². The average molecular weight is 283 g/mol. The number of pyridine rings is 1. The molecule has 1 aromatic heterocycles. The number of hydrogen-bond acceptors (Lipinski definition) is 3. The molecule has 2 rings (SSSR count). The van der Waals surface area contributed by atoms with Crippen molar-refractivity contribution >= 4 is 17.3 Å². The number of carbonyl (C=O) groups is 1. The molecule has 1 aromatic carbocycles. The summed E-state index contributed by atoms with van der Waals surface area (Å²) in [6, 6.07) is 11.9. The number of anilines is 2. The monoisotopic (exact) mass is 283 g/mol. The molecule has 0 saturated carbocycles. The van der Waals surface area contributed by atoms with E-state index in [0.717, 1.165) is 24.2 Å². The summed E-state index contributed by atoms with van der Waals surface area (Å²) in [5.74, 6) is -0.129. The Morgan fingerprint density at radius 1 is 1.05 bits per heavy atom. The fourth-order valence-electron chi connectivity index (χ4n) is 1.92. The first-order valence-corrected chi connectivity index (χ1v) is 7.33. The zero-order valence-electron chi connectivity index (χ0n) is 12.5. The molecule has 0 aliphatic carbocycles. The Kier molecular flexibility index (Phi) is 5.32. The molecular weight excluding hydrogens is 262 g/mol. The molecule has 1 heterocycles. The van der Waals surface area contributed by atoms with Gasteiger partial charge in [-0.05, 0) is 42.7 Å². The third-order valence-corrected chi connectivity index (χ3v) is 3.18. The van der Waals surface area contributed by atoms with Crippen LogP contribution in [0, 0.1) is 0 Å². The van der Waals surface area contributed by atoms with E-state index in [1.165, 1.54) is 5.56 Å². The van der Waals surface area contributed by atoms with Crippen LogP contribution >= 0.6 is 0 Å². The average Bonchev–Trinajstić information content (AvgIpc) is 2.54. The summed E-state index contributed by atoms with van der Waals surface area (Å²) in [5, 5.41) is 6.08. The second kappa shape index (κ2) is 7.43. The first-order valence-electron chi connectivity index (χ1n) is 7.33. The maximum Gasteiger partial charge on any atom is 0.269 e. The molecule has 0 aliphatic rings. The molecule has 2 N–H and O–H groups in total. The largest absolute Gasteiger partial charge is 0.354 e. The summed E-state index contributed by atoms with van der Waals surface area (Å²) in [5.41, 5.74) is 3.63. The number of rotatable bonds is 6. The molecule has 0 unspecified atom stereocenters. The number of aromatic nitrogens is 1. The third kappa shape index (κ3) is 4.31. The number of carbonyl (C=O) groups excluding carboxylic acids is 1. The summed E-state index contributed by atoms with van der Waals surface area (Å²) >= 11 is 0. The van der Waals surface area contributed by atoms with Crippen molar-refractivity contribution in [2.45, 2.75) is 26.7 Å². The fraction of sp³-hybridized carbons (Fsp3) is 0.294. The van der Waals surface area contributed by atoms with Crippen LogP contribution in [0.5, 0.6) is 0 Å². The lowest BCUT2D eigenvalue weighted by atomic mass is 10.1. The summed E-state index contributed by atoms with van der Waals surface area (Å²) in [6.45, 7) is 4.82. The Bertz CT molecular complexity index is 576. The Balaban J connectivity index is 1.99. The van der Waals surface area contributed by atoms with Crippen LogP contribution in [-0.2, 0) is 6.42 Å². The molecule has 0 aliphatic heterocycles. The highest BCUT2D eigenvalue weighted by Crippen LogP contribution is 2.16. The van der Waals surface area contributed by atoms with E-state index in [0.29, 0.717) is 12.2 Å². The zero-order valence-corrected chi connectivity index (χ0v) is 12.5. The quantitative estimate of drug-likeness (QED) is 0.852. The van der Waals surface area contributed by atoms with Gasteiger partial charge < -0.3 is 10.6 Å². The summed E-state index contributed by atoms with van der Waals surface area (Å²) in [6.07, 6.45) is 3.62. The minimum absolute atomic E-state index is 0.129. The topological polar surface area (TPSA) is 54.0 Å². The van der Waals surface area contributed by atoms with Gasteiger partial charge >= 0.3 is 0 Å². The van der Waals surface area contributed by atoms with Gasteiger partial charge in [-0.15, -0.1) is 0 Å². The van der Waals surface area contributed by atoms with Gasteiger partial charge in [0.1, 0.15) is 5.69 Å². The Labute approximate surface area is 125 Å². The van der Waals surface area contributed by atoms with Gasteiger partial charge in [0, 0.05) is 12.2 Å². The number of nitrogens with zero attached hydrogens (tertiary/aromatic N) is 1. The van der Waals surface area contributed by atoms with E-state index in [1.54, 1.807) is 12.3 Å². The first-order chi connectivity index (χ1) is 10.2. The lowest BCUT2D eigenvalue weighted by Crippen LogP contribution is -2.24. The molecule has 1 amide bonds. The molecule has 110 valence electrons. The highest BCUT2D eigenvalue weighted by molar-refractivity contribution is 5.92. The smallest absolute Gasteiger partial charge is 0.269 e. The molecule has 2 aromatic rings. The summed E-state index contributed by atoms with van der Waals surface area (Å²) < 4.78 is 0. The normalized spacial score (nSPS) is 10.2. The van der Waals surface area contributed by atoms with Crippen LogP contribution in [0.4, 0.5) is 11.4 Å². The van der Waals surface area contributed by atoms with Crippen LogP contribution in [0.15, 0.2) is 42.6 Å². The van der Waals surface area contributed by atoms with Crippen LogP contribution < -0.4 is 10.6 Å². The molecule has 0 fully saturated rings. The molecule has 4 nitrogen and oxygen atoms in total. The van der Waals surface area contributed by atoms with Crippen molar-refractivity contribution in [1.29, 1.82) is 0 Å². The number of nitrogens with one attached hydrogen (secondary N) is 2. The minimum atomic E-state index is -0.129. The highest BCUT2D eigenvalue weighted by Gasteiger charge is 2.05. The van der Waals surface area contributed by atoms with E-state index < -0.39 is 0 Å². The van der Waals surface area contributed by atoms with E-state index >= 15 is 0 Å². The van der Waals surface area contributed by atoms with Crippen LogP contribution in [-0.4, -0.2) is 17.4 Å². The molecule has 0 saturated heterocycles. The standard InChI is InChI=1S/C17H21N3O/c1-3-11-18-17(21)16-10-9-15(12-19-16)20-14-7-5-13(4-2)6-8-14/h5-10,12,20H,3-4,11H2,1-2H3,(H,18,21). The van der Waals surface area contributed by atoms with E-state index in [9.17, 15) is 4.79 Å². The van der Waals surface area contributed by atoms with Crippen molar-refractivity contribution in [2.24, 2.45) is 0 Å².